The molecule has 0 radical (unpaired) electrons. The Kier molecular flexibility index (Phi) is 3.41. The van der Waals surface area contributed by atoms with Crippen LogP contribution < -0.4 is 11.1 Å². The summed E-state index contributed by atoms with van der Waals surface area (Å²) in [5.41, 5.74) is 7.96. The standard InChI is InChI=1S/C13H19ClN2/c1-13(6-2-3-7-13)16-9-10-4-5-11(14)12(15)8-10/h4-5,8,16H,2-3,6-7,9,15H2,1H3. The van der Waals surface area contributed by atoms with Crippen LogP contribution in [-0.4, -0.2) is 5.54 Å². The first-order chi connectivity index (χ1) is 7.59. The summed E-state index contributed by atoms with van der Waals surface area (Å²) in [5.74, 6) is 0. The van der Waals surface area contributed by atoms with Crippen LogP contribution >= 0.6 is 11.6 Å². The largest absolute Gasteiger partial charge is 0.398 e. The summed E-state index contributed by atoms with van der Waals surface area (Å²) in [7, 11) is 0. The van der Waals surface area contributed by atoms with Gasteiger partial charge in [-0.3, -0.25) is 0 Å². The maximum absolute atomic E-state index is 5.89. The lowest BCUT2D eigenvalue weighted by Gasteiger charge is -2.25. The topological polar surface area (TPSA) is 38.0 Å². The van der Waals surface area contributed by atoms with Gasteiger partial charge in [0, 0.05) is 12.1 Å². The van der Waals surface area contributed by atoms with Crippen molar-refractivity contribution in [3.8, 4) is 0 Å². The number of nitrogen functional groups attached to an aromatic ring is 1. The van der Waals surface area contributed by atoms with Crippen LogP contribution in [0.1, 0.15) is 38.2 Å². The molecule has 16 heavy (non-hydrogen) atoms. The predicted molar refractivity (Wildman–Crippen MR) is 69.6 cm³/mol. The Balaban J connectivity index is 1.96. The van der Waals surface area contributed by atoms with Crippen molar-refractivity contribution in [3.05, 3.63) is 28.8 Å². The molecule has 0 saturated heterocycles. The number of hydrogen-bond donors (Lipinski definition) is 2. The average Bonchev–Trinajstić information content (AvgIpc) is 2.68. The van der Waals surface area contributed by atoms with Gasteiger partial charge in [0.2, 0.25) is 0 Å². The lowest BCUT2D eigenvalue weighted by Crippen LogP contribution is -2.38. The van der Waals surface area contributed by atoms with Crippen LogP contribution in [0.2, 0.25) is 5.02 Å². The van der Waals surface area contributed by atoms with Gasteiger partial charge in [-0.1, -0.05) is 30.5 Å². The van der Waals surface area contributed by atoms with Crippen molar-refractivity contribution in [2.24, 2.45) is 0 Å². The quantitative estimate of drug-likeness (QED) is 0.793. The predicted octanol–water partition coefficient (Wildman–Crippen LogP) is 3.34. The van der Waals surface area contributed by atoms with Gasteiger partial charge in [-0.25, -0.2) is 0 Å². The summed E-state index contributed by atoms with van der Waals surface area (Å²) in [6.45, 7) is 3.18. The molecule has 0 aliphatic heterocycles. The first-order valence-corrected chi connectivity index (χ1v) is 6.26. The second-order valence-electron chi connectivity index (χ2n) is 4.98. The van der Waals surface area contributed by atoms with Crippen LogP contribution in [0.15, 0.2) is 18.2 Å². The second-order valence-corrected chi connectivity index (χ2v) is 5.38. The third kappa shape index (κ3) is 2.69. The van der Waals surface area contributed by atoms with Gasteiger partial charge in [0.1, 0.15) is 0 Å². The van der Waals surface area contributed by atoms with Crippen molar-refractivity contribution in [1.29, 1.82) is 0 Å². The molecule has 0 bridgehead atoms. The van der Waals surface area contributed by atoms with E-state index in [0.29, 0.717) is 16.2 Å². The zero-order valence-electron chi connectivity index (χ0n) is 9.72. The van der Waals surface area contributed by atoms with Crippen LogP contribution in [-0.2, 0) is 6.54 Å². The molecule has 0 spiro atoms. The number of nitrogens with one attached hydrogen (secondary N) is 1. The lowest BCUT2D eigenvalue weighted by molar-refractivity contribution is 0.363. The van der Waals surface area contributed by atoms with E-state index in [9.17, 15) is 0 Å². The molecule has 0 unspecified atom stereocenters. The monoisotopic (exact) mass is 238 g/mol. The highest BCUT2D eigenvalue weighted by Crippen LogP contribution is 2.29. The molecule has 0 heterocycles. The number of hydrogen-bond acceptors (Lipinski definition) is 2. The van der Waals surface area contributed by atoms with E-state index in [1.165, 1.54) is 31.2 Å². The zero-order valence-corrected chi connectivity index (χ0v) is 10.5. The first kappa shape index (κ1) is 11.7. The Labute approximate surface area is 102 Å². The molecule has 1 saturated carbocycles. The van der Waals surface area contributed by atoms with E-state index in [2.05, 4.69) is 12.2 Å². The number of benzene rings is 1. The maximum atomic E-state index is 5.89. The molecule has 2 rings (SSSR count). The highest BCUT2D eigenvalue weighted by atomic mass is 35.5. The summed E-state index contributed by atoms with van der Waals surface area (Å²) in [6.07, 6.45) is 5.23. The van der Waals surface area contributed by atoms with Gasteiger partial charge in [0.05, 0.1) is 10.7 Å². The van der Waals surface area contributed by atoms with Crippen molar-refractivity contribution in [3.63, 3.8) is 0 Å². The maximum Gasteiger partial charge on any atom is 0.0635 e. The Morgan fingerprint density at radius 3 is 2.69 bits per heavy atom. The smallest absolute Gasteiger partial charge is 0.0635 e. The van der Waals surface area contributed by atoms with Gasteiger partial charge in [0.15, 0.2) is 0 Å². The molecule has 0 aromatic heterocycles. The van der Waals surface area contributed by atoms with Crippen LogP contribution in [0.3, 0.4) is 0 Å². The van der Waals surface area contributed by atoms with E-state index >= 15 is 0 Å². The Morgan fingerprint density at radius 1 is 1.38 bits per heavy atom. The van der Waals surface area contributed by atoms with Gasteiger partial charge in [-0.15, -0.1) is 0 Å². The molecule has 88 valence electrons. The molecule has 3 heteroatoms. The third-order valence-corrected chi connectivity index (χ3v) is 3.83. The third-order valence-electron chi connectivity index (χ3n) is 3.49. The summed E-state index contributed by atoms with van der Waals surface area (Å²) in [4.78, 5) is 0. The number of halogens is 1. The fraction of sp³-hybridized carbons (Fsp3) is 0.538. The van der Waals surface area contributed by atoms with Crippen LogP contribution in [0.25, 0.3) is 0 Å². The van der Waals surface area contributed by atoms with Crippen LogP contribution in [0.5, 0.6) is 0 Å². The zero-order chi connectivity index (χ0) is 11.6. The van der Waals surface area contributed by atoms with Gasteiger partial charge in [-0.05, 0) is 37.5 Å². The van der Waals surface area contributed by atoms with Gasteiger partial charge in [0.25, 0.3) is 0 Å². The molecule has 3 N–H and O–H groups in total. The van der Waals surface area contributed by atoms with E-state index in [0.717, 1.165) is 6.54 Å². The van der Waals surface area contributed by atoms with Gasteiger partial charge >= 0.3 is 0 Å². The molecule has 1 aromatic carbocycles. The van der Waals surface area contributed by atoms with Crippen molar-refractivity contribution in [1.82, 2.24) is 5.32 Å². The fourth-order valence-electron chi connectivity index (χ4n) is 2.35. The minimum Gasteiger partial charge on any atom is -0.398 e. The minimum absolute atomic E-state index is 0.314. The van der Waals surface area contributed by atoms with E-state index in [1.54, 1.807) is 0 Å². The van der Waals surface area contributed by atoms with E-state index in [1.807, 2.05) is 18.2 Å². The SMILES string of the molecule is CC1(NCc2ccc(Cl)c(N)c2)CCCC1. The summed E-state index contributed by atoms with van der Waals surface area (Å²) in [5, 5.41) is 4.26. The van der Waals surface area contributed by atoms with Gasteiger partial charge < -0.3 is 11.1 Å². The molecule has 0 atom stereocenters. The van der Waals surface area contributed by atoms with Crippen LogP contribution in [0.4, 0.5) is 5.69 Å². The molecule has 1 aliphatic rings. The summed E-state index contributed by atoms with van der Waals surface area (Å²) in [6, 6.07) is 5.85. The van der Waals surface area contributed by atoms with Crippen molar-refractivity contribution in [2.75, 3.05) is 5.73 Å². The number of nitrogens with two attached hydrogens (primary N) is 1. The molecule has 1 aliphatic carbocycles. The highest BCUT2D eigenvalue weighted by Gasteiger charge is 2.27. The number of rotatable bonds is 3. The Hall–Kier alpha value is -0.730. The van der Waals surface area contributed by atoms with Crippen LogP contribution in [0, 0.1) is 0 Å². The highest BCUT2D eigenvalue weighted by molar-refractivity contribution is 6.33. The van der Waals surface area contributed by atoms with E-state index < -0.39 is 0 Å². The number of anilines is 1. The van der Waals surface area contributed by atoms with E-state index in [-0.39, 0.29) is 0 Å². The summed E-state index contributed by atoms with van der Waals surface area (Å²) < 4.78 is 0. The molecule has 1 aromatic rings. The molecule has 0 amide bonds. The second kappa shape index (κ2) is 4.64. The van der Waals surface area contributed by atoms with Gasteiger partial charge in [-0.2, -0.15) is 0 Å². The van der Waals surface area contributed by atoms with Crippen molar-refractivity contribution >= 4 is 17.3 Å². The normalized spacial score (nSPS) is 18.9. The van der Waals surface area contributed by atoms with E-state index in [4.69, 9.17) is 17.3 Å². The Bertz CT molecular complexity index is 370. The molecule has 2 nitrogen and oxygen atoms in total. The minimum atomic E-state index is 0.314. The molecule has 1 fully saturated rings. The first-order valence-electron chi connectivity index (χ1n) is 5.88. The van der Waals surface area contributed by atoms with Crippen molar-refractivity contribution < 1.29 is 0 Å². The molecular formula is C13H19ClN2. The Morgan fingerprint density at radius 2 is 2.06 bits per heavy atom. The molecular weight excluding hydrogens is 220 g/mol. The fourth-order valence-corrected chi connectivity index (χ4v) is 2.47. The summed E-state index contributed by atoms with van der Waals surface area (Å²) >= 11 is 5.89. The lowest BCUT2D eigenvalue weighted by atomic mass is 10.0. The van der Waals surface area contributed by atoms with Crippen molar-refractivity contribution in [2.45, 2.75) is 44.7 Å². The average molecular weight is 239 g/mol.